The summed E-state index contributed by atoms with van der Waals surface area (Å²) >= 11 is 0. The number of fused-ring (bicyclic) bond motifs is 1. The topological polar surface area (TPSA) is 57.0 Å². The van der Waals surface area contributed by atoms with Gasteiger partial charge in [-0.15, -0.1) is 0 Å². The third kappa shape index (κ3) is 5.28. The Kier molecular flexibility index (Phi) is 6.95. The molecule has 1 aliphatic rings. The van der Waals surface area contributed by atoms with Gasteiger partial charge in [0.15, 0.2) is 0 Å². The number of anilines is 1. The van der Waals surface area contributed by atoms with E-state index >= 15 is 0 Å². The molecule has 1 aromatic carbocycles. The maximum atomic E-state index is 6.05. The molecular formula is C16H26N2O3. The van der Waals surface area contributed by atoms with Crippen molar-refractivity contribution in [2.45, 2.75) is 13.0 Å². The van der Waals surface area contributed by atoms with Crippen LogP contribution in [0.2, 0.25) is 0 Å². The first-order chi connectivity index (χ1) is 10.3. The lowest BCUT2D eigenvalue weighted by atomic mass is 9.98. The van der Waals surface area contributed by atoms with Gasteiger partial charge in [0.05, 0.1) is 33.0 Å². The highest BCUT2D eigenvalue weighted by molar-refractivity contribution is 5.51. The number of nitrogens with zero attached hydrogens (tertiary/aromatic N) is 1. The lowest BCUT2D eigenvalue weighted by Gasteiger charge is -2.29. The van der Waals surface area contributed by atoms with E-state index in [2.05, 4.69) is 11.0 Å². The summed E-state index contributed by atoms with van der Waals surface area (Å²) in [6, 6.07) is 6.20. The molecule has 0 fully saturated rings. The molecule has 0 spiro atoms. The van der Waals surface area contributed by atoms with Crippen molar-refractivity contribution in [3.05, 3.63) is 29.3 Å². The number of hydrogen-bond acceptors (Lipinski definition) is 5. The van der Waals surface area contributed by atoms with Crippen LogP contribution in [0.5, 0.6) is 0 Å². The van der Waals surface area contributed by atoms with Gasteiger partial charge in [0.25, 0.3) is 0 Å². The Bertz CT molecular complexity index is 426. The van der Waals surface area contributed by atoms with Crippen LogP contribution in [0, 0.1) is 0 Å². The van der Waals surface area contributed by atoms with E-state index in [4.69, 9.17) is 19.9 Å². The Morgan fingerprint density at radius 1 is 1.10 bits per heavy atom. The van der Waals surface area contributed by atoms with Gasteiger partial charge in [-0.2, -0.15) is 0 Å². The Morgan fingerprint density at radius 3 is 2.67 bits per heavy atom. The molecular weight excluding hydrogens is 268 g/mol. The average molecular weight is 294 g/mol. The molecule has 2 rings (SSSR count). The highest BCUT2D eigenvalue weighted by atomic mass is 16.5. The second kappa shape index (κ2) is 9.00. The number of benzene rings is 1. The van der Waals surface area contributed by atoms with E-state index in [0.717, 1.165) is 38.3 Å². The minimum atomic E-state index is 0.624. The summed E-state index contributed by atoms with van der Waals surface area (Å²) in [6.07, 6.45) is 1.07. The highest BCUT2D eigenvalue weighted by Crippen LogP contribution is 2.23. The fourth-order valence-corrected chi connectivity index (χ4v) is 2.51. The van der Waals surface area contributed by atoms with Gasteiger partial charge in [-0.05, 0) is 23.6 Å². The van der Waals surface area contributed by atoms with Crippen LogP contribution in [0.4, 0.5) is 5.69 Å². The van der Waals surface area contributed by atoms with Gasteiger partial charge in [-0.25, -0.2) is 0 Å². The number of rotatable bonds is 9. The van der Waals surface area contributed by atoms with E-state index in [-0.39, 0.29) is 0 Å². The third-order valence-electron chi connectivity index (χ3n) is 3.74. The lowest BCUT2D eigenvalue weighted by Crippen LogP contribution is -2.34. The van der Waals surface area contributed by atoms with Crippen molar-refractivity contribution in [3.63, 3.8) is 0 Å². The first-order valence-corrected chi connectivity index (χ1v) is 7.54. The van der Waals surface area contributed by atoms with E-state index in [0.29, 0.717) is 26.4 Å². The predicted molar refractivity (Wildman–Crippen MR) is 83.3 cm³/mol. The number of nitrogen functional groups attached to an aromatic ring is 1. The second-order valence-electron chi connectivity index (χ2n) is 5.23. The normalized spacial score (nSPS) is 15.1. The average Bonchev–Trinajstić information content (AvgIpc) is 2.51. The number of ether oxygens (including phenoxy) is 3. The van der Waals surface area contributed by atoms with Crippen molar-refractivity contribution in [1.29, 1.82) is 0 Å². The highest BCUT2D eigenvalue weighted by Gasteiger charge is 2.17. The van der Waals surface area contributed by atoms with Crippen molar-refractivity contribution < 1.29 is 14.2 Å². The Labute approximate surface area is 127 Å². The maximum absolute atomic E-state index is 6.05. The fourth-order valence-electron chi connectivity index (χ4n) is 2.51. The Morgan fingerprint density at radius 2 is 1.86 bits per heavy atom. The van der Waals surface area contributed by atoms with Gasteiger partial charge in [0.2, 0.25) is 0 Å². The largest absolute Gasteiger partial charge is 0.398 e. The molecule has 0 unspecified atom stereocenters. The van der Waals surface area contributed by atoms with E-state index in [1.807, 2.05) is 12.1 Å². The minimum Gasteiger partial charge on any atom is -0.398 e. The monoisotopic (exact) mass is 294 g/mol. The van der Waals surface area contributed by atoms with E-state index in [9.17, 15) is 0 Å². The third-order valence-corrected chi connectivity index (χ3v) is 3.74. The van der Waals surface area contributed by atoms with Crippen molar-refractivity contribution >= 4 is 5.69 Å². The minimum absolute atomic E-state index is 0.624. The summed E-state index contributed by atoms with van der Waals surface area (Å²) in [5, 5.41) is 0. The summed E-state index contributed by atoms with van der Waals surface area (Å²) in [6.45, 7) is 6.19. The van der Waals surface area contributed by atoms with E-state index in [1.165, 1.54) is 11.1 Å². The predicted octanol–water partition coefficient (Wildman–Crippen LogP) is 1.31. The molecule has 0 atom stereocenters. The van der Waals surface area contributed by atoms with E-state index in [1.54, 1.807) is 7.11 Å². The van der Waals surface area contributed by atoms with Crippen LogP contribution in [-0.2, 0) is 27.2 Å². The molecule has 0 radical (unpaired) electrons. The van der Waals surface area contributed by atoms with Gasteiger partial charge in [-0.1, -0.05) is 12.1 Å². The van der Waals surface area contributed by atoms with Crippen LogP contribution < -0.4 is 5.73 Å². The van der Waals surface area contributed by atoms with Crippen molar-refractivity contribution in [3.8, 4) is 0 Å². The van der Waals surface area contributed by atoms with Crippen LogP contribution >= 0.6 is 0 Å². The SMILES string of the molecule is COCCOCCOCCN1CCc2cccc(N)c2C1. The first kappa shape index (κ1) is 16.2. The molecule has 1 heterocycles. The molecule has 1 aromatic rings. The van der Waals surface area contributed by atoms with Gasteiger partial charge in [-0.3, -0.25) is 4.90 Å². The number of hydrogen-bond donors (Lipinski definition) is 1. The Hall–Kier alpha value is -1.14. The molecule has 0 saturated carbocycles. The molecule has 5 heteroatoms. The summed E-state index contributed by atoms with van der Waals surface area (Å²) in [5.41, 5.74) is 9.63. The Balaban J connectivity index is 1.59. The number of nitrogens with two attached hydrogens (primary N) is 1. The molecule has 2 N–H and O–H groups in total. The lowest BCUT2D eigenvalue weighted by molar-refractivity contribution is 0.0187. The van der Waals surface area contributed by atoms with Crippen molar-refractivity contribution in [2.24, 2.45) is 0 Å². The standard InChI is InChI=1S/C16H26N2O3/c1-19-9-10-21-12-11-20-8-7-18-6-5-14-3-2-4-16(17)15(14)13-18/h2-4H,5-13,17H2,1H3. The van der Waals surface area contributed by atoms with Crippen LogP contribution in [0.15, 0.2) is 18.2 Å². The van der Waals surface area contributed by atoms with Gasteiger partial charge in [0, 0.05) is 32.4 Å². The first-order valence-electron chi connectivity index (χ1n) is 7.54. The van der Waals surface area contributed by atoms with Crippen LogP contribution in [0.1, 0.15) is 11.1 Å². The van der Waals surface area contributed by atoms with Gasteiger partial charge >= 0.3 is 0 Å². The quantitative estimate of drug-likeness (QED) is 0.550. The number of methoxy groups -OCH3 is 1. The van der Waals surface area contributed by atoms with Crippen molar-refractivity contribution in [1.82, 2.24) is 4.90 Å². The van der Waals surface area contributed by atoms with E-state index < -0.39 is 0 Å². The fraction of sp³-hybridized carbons (Fsp3) is 0.625. The zero-order valence-electron chi connectivity index (χ0n) is 12.8. The molecule has 21 heavy (non-hydrogen) atoms. The van der Waals surface area contributed by atoms with Crippen LogP contribution in [0.3, 0.4) is 0 Å². The molecule has 0 aromatic heterocycles. The van der Waals surface area contributed by atoms with Gasteiger partial charge < -0.3 is 19.9 Å². The summed E-state index contributed by atoms with van der Waals surface area (Å²) in [5.74, 6) is 0. The zero-order chi connectivity index (χ0) is 14.9. The molecule has 5 nitrogen and oxygen atoms in total. The summed E-state index contributed by atoms with van der Waals surface area (Å²) in [4.78, 5) is 2.39. The smallest absolute Gasteiger partial charge is 0.0701 e. The van der Waals surface area contributed by atoms with Crippen molar-refractivity contribution in [2.75, 3.05) is 59.0 Å². The molecule has 0 saturated heterocycles. The summed E-state index contributed by atoms with van der Waals surface area (Å²) in [7, 11) is 1.67. The molecule has 0 aliphatic carbocycles. The second-order valence-corrected chi connectivity index (χ2v) is 5.23. The maximum Gasteiger partial charge on any atom is 0.0701 e. The molecule has 118 valence electrons. The van der Waals surface area contributed by atoms with Crippen LogP contribution in [0.25, 0.3) is 0 Å². The molecule has 0 amide bonds. The summed E-state index contributed by atoms with van der Waals surface area (Å²) < 4.78 is 15.8. The van der Waals surface area contributed by atoms with Crippen LogP contribution in [-0.4, -0.2) is 58.1 Å². The molecule has 1 aliphatic heterocycles. The zero-order valence-corrected chi connectivity index (χ0v) is 12.8. The van der Waals surface area contributed by atoms with Gasteiger partial charge in [0.1, 0.15) is 0 Å². The molecule has 0 bridgehead atoms.